The Morgan fingerprint density at radius 3 is 2.87 bits per heavy atom. The minimum Gasteiger partial charge on any atom is -0.757 e. The van der Waals surface area contributed by atoms with Crippen LogP contribution in [-0.2, 0) is 22.7 Å². The Bertz CT molecular complexity index is 334. The van der Waals surface area contributed by atoms with E-state index in [-0.39, 0.29) is 6.17 Å². The molecule has 0 aliphatic carbocycles. The molecule has 2 fully saturated rings. The molecule has 2 unspecified atom stereocenters. The second-order valence-electron chi connectivity index (χ2n) is 3.88. The van der Waals surface area contributed by atoms with Crippen molar-refractivity contribution in [2.75, 3.05) is 12.4 Å². The smallest absolute Gasteiger partial charge is 0.278 e. The summed E-state index contributed by atoms with van der Waals surface area (Å²) in [7, 11) is -4.00. The van der Waals surface area contributed by atoms with Gasteiger partial charge in [0, 0.05) is 6.54 Å². The van der Waals surface area contributed by atoms with Crippen LogP contribution in [0.25, 0.3) is 0 Å². The van der Waals surface area contributed by atoms with E-state index in [1.54, 1.807) is 4.90 Å². The van der Waals surface area contributed by atoms with Gasteiger partial charge in [-0.05, 0) is 24.8 Å². The quantitative estimate of drug-likeness (QED) is 0.497. The molecule has 6 nitrogen and oxygen atoms in total. The number of hydrazine groups is 1. The Labute approximate surface area is 94.7 Å². The summed E-state index contributed by atoms with van der Waals surface area (Å²) in [5.74, 6) is -0.394. The lowest BCUT2D eigenvalue weighted by atomic mass is 10.1. The average Bonchev–Trinajstić information content (AvgIpc) is 2.41. The van der Waals surface area contributed by atoms with E-state index in [9.17, 15) is 8.42 Å². The fraction of sp³-hybridized carbons (Fsp3) is 1.00. The summed E-state index contributed by atoms with van der Waals surface area (Å²) in [4.78, 5) is 1.60. The van der Waals surface area contributed by atoms with Crippen LogP contribution in [-0.4, -0.2) is 47.0 Å². The Balaban J connectivity index is 2.09. The fourth-order valence-electron chi connectivity index (χ4n) is 2.12. The maximum absolute atomic E-state index is 10.8. The van der Waals surface area contributed by atoms with E-state index in [1.807, 2.05) is 5.01 Å². The van der Waals surface area contributed by atoms with Crippen molar-refractivity contribution in [3.63, 3.8) is 0 Å². The van der Waals surface area contributed by atoms with Gasteiger partial charge in [0.2, 0.25) is 0 Å². The number of nitrogens with one attached hydrogen (secondary N) is 1. The van der Waals surface area contributed by atoms with Crippen molar-refractivity contribution in [3.05, 3.63) is 0 Å². The second-order valence-corrected chi connectivity index (χ2v) is 5.75. The van der Waals surface area contributed by atoms with Crippen LogP contribution in [0.3, 0.4) is 0 Å². The average molecular weight is 252 g/mol. The zero-order valence-electron chi connectivity index (χ0n) is 8.16. The number of rotatable bonds is 2. The third-order valence-electron chi connectivity index (χ3n) is 2.74. The van der Waals surface area contributed by atoms with Crippen LogP contribution in [0.1, 0.15) is 19.3 Å². The summed E-state index contributed by atoms with van der Waals surface area (Å²) in [6.07, 6.45) is 3.04. The first-order chi connectivity index (χ1) is 6.97. The van der Waals surface area contributed by atoms with Crippen molar-refractivity contribution in [2.45, 2.75) is 30.9 Å². The molecule has 8 heteroatoms. The highest BCUT2D eigenvalue weighted by molar-refractivity contribution is 7.85. The van der Waals surface area contributed by atoms with E-state index in [0.717, 1.165) is 25.8 Å². The maximum atomic E-state index is 10.8. The molecular formula is C7H14N3O3S2-. The first-order valence-electron chi connectivity index (χ1n) is 4.87. The van der Waals surface area contributed by atoms with E-state index >= 15 is 0 Å². The molecular weight excluding hydrogens is 238 g/mol. The van der Waals surface area contributed by atoms with Gasteiger partial charge in [-0.15, -0.1) is 0 Å². The van der Waals surface area contributed by atoms with Gasteiger partial charge in [0.1, 0.15) is 5.88 Å². The lowest BCUT2D eigenvalue weighted by molar-refractivity contribution is 0.0859. The zero-order valence-corrected chi connectivity index (χ0v) is 9.80. The highest BCUT2D eigenvalue weighted by atomic mass is 32.2. The molecule has 2 rings (SSSR count). The van der Waals surface area contributed by atoms with Crippen LogP contribution in [0.15, 0.2) is 0 Å². The fourth-order valence-corrected chi connectivity index (χ4v) is 3.27. The molecule has 0 aromatic carbocycles. The molecule has 15 heavy (non-hydrogen) atoms. The number of nitrogens with zero attached hydrogens (tertiary/aromatic N) is 2. The Morgan fingerprint density at radius 1 is 1.47 bits per heavy atom. The van der Waals surface area contributed by atoms with Crippen LogP contribution in [0, 0.1) is 0 Å². The molecule has 2 heterocycles. The molecule has 0 amide bonds. The van der Waals surface area contributed by atoms with Crippen molar-refractivity contribution in [1.82, 2.24) is 15.3 Å². The number of hydrogen-bond acceptors (Lipinski definition) is 6. The van der Waals surface area contributed by atoms with Gasteiger partial charge < -0.3 is 12.6 Å². The minimum atomic E-state index is -4.00. The first-order valence-corrected chi connectivity index (χ1v) is 6.95. The Hall–Kier alpha value is 0.140. The highest BCUT2D eigenvalue weighted by Gasteiger charge is 2.36. The van der Waals surface area contributed by atoms with Crippen LogP contribution in [0.4, 0.5) is 0 Å². The van der Waals surface area contributed by atoms with E-state index in [1.165, 1.54) is 0 Å². The monoisotopic (exact) mass is 252 g/mol. The van der Waals surface area contributed by atoms with Gasteiger partial charge in [-0.25, -0.2) is 5.01 Å². The maximum Gasteiger partial charge on any atom is 0.278 e. The largest absolute Gasteiger partial charge is 0.757 e. The lowest BCUT2D eigenvalue weighted by Crippen LogP contribution is -2.45. The normalized spacial score (nSPS) is 34.3. The van der Waals surface area contributed by atoms with Gasteiger partial charge in [0.15, 0.2) is 0 Å². The third-order valence-corrected chi connectivity index (χ3v) is 3.74. The van der Waals surface area contributed by atoms with Crippen molar-refractivity contribution in [3.8, 4) is 0 Å². The number of hydrogen-bond donors (Lipinski definition) is 2. The van der Waals surface area contributed by atoms with Crippen LogP contribution < -0.4 is 5.43 Å². The molecule has 88 valence electrons. The molecule has 0 bridgehead atoms. The summed E-state index contributed by atoms with van der Waals surface area (Å²) < 4.78 is 30.5. The predicted octanol–water partition coefficient (Wildman–Crippen LogP) is -0.706. The minimum absolute atomic E-state index is 0.00294. The molecule has 2 N–H and O–H groups in total. The number of piperidine rings is 1. The van der Waals surface area contributed by atoms with Crippen molar-refractivity contribution in [1.29, 1.82) is 0 Å². The van der Waals surface area contributed by atoms with Crippen LogP contribution in [0.5, 0.6) is 0 Å². The van der Waals surface area contributed by atoms with Crippen molar-refractivity contribution >= 4 is 22.7 Å². The number of fused-ring (bicyclic) bond motifs is 1. The topological polar surface area (TPSA) is 72.9 Å². The zero-order chi connectivity index (χ0) is 11.1. The molecule has 2 aliphatic heterocycles. The summed E-state index contributed by atoms with van der Waals surface area (Å²) in [5, 5.41) is 1.96. The van der Waals surface area contributed by atoms with Gasteiger partial charge in [-0.3, -0.25) is 14.9 Å². The SMILES string of the molecule is O=S(=O)(O)CN1C([S-])NN2CCCCC21. The summed E-state index contributed by atoms with van der Waals surface area (Å²) in [6, 6.07) is 0. The van der Waals surface area contributed by atoms with E-state index in [2.05, 4.69) is 5.43 Å². The first kappa shape index (κ1) is 11.6. The van der Waals surface area contributed by atoms with Crippen LogP contribution in [0.2, 0.25) is 0 Å². The van der Waals surface area contributed by atoms with E-state index in [4.69, 9.17) is 17.2 Å². The second kappa shape index (κ2) is 4.19. The molecule has 2 saturated heterocycles. The third kappa shape index (κ3) is 2.63. The van der Waals surface area contributed by atoms with Gasteiger partial charge in [-0.2, -0.15) is 8.42 Å². The Morgan fingerprint density at radius 2 is 2.20 bits per heavy atom. The van der Waals surface area contributed by atoms with E-state index < -0.39 is 21.5 Å². The predicted molar refractivity (Wildman–Crippen MR) is 56.9 cm³/mol. The summed E-state index contributed by atoms with van der Waals surface area (Å²) >= 11 is 5.10. The Kier molecular flexibility index (Phi) is 3.25. The molecule has 0 radical (unpaired) electrons. The molecule has 0 aromatic heterocycles. The van der Waals surface area contributed by atoms with Crippen LogP contribution >= 0.6 is 0 Å². The van der Waals surface area contributed by atoms with Gasteiger partial charge in [-0.1, -0.05) is 0 Å². The molecule has 2 aliphatic rings. The molecule has 0 spiro atoms. The molecule has 0 aromatic rings. The summed E-state index contributed by atoms with van der Waals surface area (Å²) in [6.45, 7) is 0.875. The molecule has 2 atom stereocenters. The van der Waals surface area contributed by atoms with Crippen molar-refractivity contribution < 1.29 is 13.0 Å². The van der Waals surface area contributed by atoms with Gasteiger partial charge in [0.25, 0.3) is 10.1 Å². The van der Waals surface area contributed by atoms with E-state index in [0.29, 0.717) is 0 Å². The van der Waals surface area contributed by atoms with Crippen molar-refractivity contribution in [2.24, 2.45) is 0 Å². The lowest BCUT2D eigenvalue weighted by Gasteiger charge is -2.33. The molecule has 0 saturated carbocycles. The van der Waals surface area contributed by atoms with Gasteiger partial charge >= 0.3 is 0 Å². The van der Waals surface area contributed by atoms with Gasteiger partial charge in [0.05, 0.1) is 6.17 Å². The standard InChI is InChI=1S/C7H15N3O3S2/c11-15(12,13)5-9-6-3-1-2-4-10(6)8-7(9)14/h6-8,14H,1-5H2,(H,11,12,13)/p-1. The highest BCUT2D eigenvalue weighted by Crippen LogP contribution is 2.25. The summed E-state index contributed by atoms with van der Waals surface area (Å²) in [5.41, 5.74) is 2.58.